The molecule has 1 heterocycles. The van der Waals surface area contributed by atoms with Gasteiger partial charge < -0.3 is 10.1 Å². The molecule has 0 atom stereocenters. The van der Waals surface area contributed by atoms with Gasteiger partial charge in [-0.15, -0.1) is 0 Å². The number of nitrogens with one attached hydrogen (secondary N) is 1. The van der Waals surface area contributed by atoms with Crippen LogP contribution in [-0.4, -0.2) is 17.5 Å². The van der Waals surface area contributed by atoms with Crippen molar-refractivity contribution in [3.63, 3.8) is 0 Å². The number of para-hydroxylation sites is 1. The van der Waals surface area contributed by atoms with E-state index in [9.17, 15) is 4.79 Å². The Morgan fingerprint density at radius 1 is 1.09 bits per heavy atom. The van der Waals surface area contributed by atoms with Gasteiger partial charge in [-0.25, -0.2) is 0 Å². The summed E-state index contributed by atoms with van der Waals surface area (Å²) in [5.41, 5.74) is 2.61. The molecule has 3 aromatic rings. The first-order chi connectivity index (χ1) is 10.7. The Morgan fingerprint density at radius 3 is 2.68 bits per heavy atom. The van der Waals surface area contributed by atoms with E-state index in [2.05, 4.69) is 10.3 Å². The first kappa shape index (κ1) is 14.1. The van der Waals surface area contributed by atoms with E-state index in [1.165, 1.54) is 0 Å². The van der Waals surface area contributed by atoms with E-state index in [1.807, 2.05) is 61.5 Å². The number of anilines is 1. The highest BCUT2D eigenvalue weighted by Crippen LogP contribution is 2.20. The molecule has 110 valence electrons. The first-order valence-corrected chi connectivity index (χ1v) is 7.05. The molecule has 22 heavy (non-hydrogen) atoms. The molecule has 0 fully saturated rings. The molecular formula is C18H16N2O2. The van der Waals surface area contributed by atoms with Crippen molar-refractivity contribution in [3.05, 3.63) is 66.4 Å². The summed E-state index contributed by atoms with van der Waals surface area (Å²) in [6.45, 7) is 1.97. The number of amides is 1. The van der Waals surface area contributed by atoms with Crippen LogP contribution in [-0.2, 0) is 4.79 Å². The lowest BCUT2D eigenvalue weighted by molar-refractivity contribution is -0.118. The number of nitrogens with zero attached hydrogens (tertiary/aromatic N) is 1. The van der Waals surface area contributed by atoms with Gasteiger partial charge in [-0.3, -0.25) is 9.78 Å². The average Bonchev–Trinajstić information content (AvgIpc) is 2.55. The Morgan fingerprint density at radius 2 is 1.86 bits per heavy atom. The summed E-state index contributed by atoms with van der Waals surface area (Å²) in [4.78, 5) is 16.3. The fraction of sp³-hybridized carbons (Fsp3) is 0.111. The molecule has 0 radical (unpaired) electrons. The average molecular weight is 292 g/mol. The molecule has 0 spiro atoms. The summed E-state index contributed by atoms with van der Waals surface area (Å²) in [6.07, 6.45) is 1.71. The minimum Gasteiger partial charge on any atom is -0.484 e. The molecule has 1 aromatic heterocycles. The van der Waals surface area contributed by atoms with Gasteiger partial charge in [0.15, 0.2) is 6.61 Å². The second-order valence-corrected chi connectivity index (χ2v) is 5.03. The van der Waals surface area contributed by atoms with Crippen LogP contribution in [0.1, 0.15) is 5.56 Å². The molecule has 3 rings (SSSR count). The van der Waals surface area contributed by atoms with Crippen molar-refractivity contribution in [1.29, 1.82) is 0 Å². The highest BCUT2D eigenvalue weighted by Gasteiger charge is 2.07. The first-order valence-electron chi connectivity index (χ1n) is 7.05. The highest BCUT2D eigenvalue weighted by atomic mass is 16.5. The number of fused-ring (bicyclic) bond motifs is 1. The lowest BCUT2D eigenvalue weighted by Crippen LogP contribution is -2.20. The number of hydrogen-bond donors (Lipinski definition) is 1. The number of ether oxygens (including phenoxy) is 1. The zero-order valence-corrected chi connectivity index (χ0v) is 12.2. The van der Waals surface area contributed by atoms with Crippen molar-refractivity contribution in [1.82, 2.24) is 4.98 Å². The van der Waals surface area contributed by atoms with E-state index in [0.717, 1.165) is 16.5 Å². The molecule has 1 N–H and O–H groups in total. The molecule has 0 aliphatic rings. The zero-order chi connectivity index (χ0) is 15.4. The summed E-state index contributed by atoms with van der Waals surface area (Å²) < 4.78 is 5.47. The van der Waals surface area contributed by atoms with Gasteiger partial charge in [-0.2, -0.15) is 0 Å². The Bertz CT molecular complexity index is 792. The number of benzene rings is 2. The van der Waals surface area contributed by atoms with E-state index in [0.29, 0.717) is 11.4 Å². The molecule has 0 saturated carbocycles. The van der Waals surface area contributed by atoms with Crippen LogP contribution in [0.15, 0.2) is 60.8 Å². The molecule has 0 aliphatic carbocycles. The van der Waals surface area contributed by atoms with Crippen LogP contribution in [0.25, 0.3) is 10.9 Å². The largest absolute Gasteiger partial charge is 0.484 e. The predicted octanol–water partition coefficient (Wildman–Crippen LogP) is 3.56. The van der Waals surface area contributed by atoms with Crippen LogP contribution in [0, 0.1) is 6.92 Å². The van der Waals surface area contributed by atoms with E-state index in [1.54, 1.807) is 6.20 Å². The Hall–Kier alpha value is -2.88. The molecule has 0 aliphatic heterocycles. The summed E-state index contributed by atoms with van der Waals surface area (Å²) in [5.74, 6) is 0.468. The highest BCUT2D eigenvalue weighted by molar-refractivity contribution is 6.00. The third kappa shape index (κ3) is 3.23. The molecule has 4 nitrogen and oxygen atoms in total. The second kappa shape index (κ2) is 6.26. The number of aromatic nitrogens is 1. The van der Waals surface area contributed by atoms with Crippen LogP contribution in [0.3, 0.4) is 0 Å². The maximum absolute atomic E-state index is 12.0. The normalized spacial score (nSPS) is 10.4. The van der Waals surface area contributed by atoms with Gasteiger partial charge >= 0.3 is 0 Å². The van der Waals surface area contributed by atoms with Crippen LogP contribution in [0.2, 0.25) is 0 Å². The Labute approximate surface area is 128 Å². The van der Waals surface area contributed by atoms with Gasteiger partial charge in [-0.1, -0.05) is 35.9 Å². The fourth-order valence-electron chi connectivity index (χ4n) is 2.17. The van der Waals surface area contributed by atoms with Crippen molar-refractivity contribution in [2.75, 3.05) is 11.9 Å². The maximum Gasteiger partial charge on any atom is 0.262 e. The standard InChI is InChI=1S/C18H16N2O2/c1-13-7-9-15(10-8-13)22-12-17(21)20-16-6-2-4-14-5-3-11-19-18(14)16/h2-11H,12H2,1H3,(H,20,21). The lowest BCUT2D eigenvalue weighted by atomic mass is 10.2. The Kier molecular flexibility index (Phi) is 4.01. The van der Waals surface area contributed by atoms with Gasteiger partial charge in [0.05, 0.1) is 11.2 Å². The molecule has 0 unspecified atom stereocenters. The van der Waals surface area contributed by atoms with Crippen LogP contribution in [0.5, 0.6) is 5.75 Å². The molecule has 1 amide bonds. The molecule has 0 bridgehead atoms. The van der Waals surface area contributed by atoms with Crippen molar-refractivity contribution in [2.45, 2.75) is 6.92 Å². The van der Waals surface area contributed by atoms with Gasteiger partial charge in [0, 0.05) is 11.6 Å². The molecule has 4 heteroatoms. The topological polar surface area (TPSA) is 51.2 Å². The van der Waals surface area contributed by atoms with Crippen molar-refractivity contribution < 1.29 is 9.53 Å². The van der Waals surface area contributed by atoms with Crippen molar-refractivity contribution >= 4 is 22.5 Å². The quantitative estimate of drug-likeness (QED) is 0.800. The minimum atomic E-state index is -0.210. The molecule has 0 saturated heterocycles. The van der Waals surface area contributed by atoms with Gasteiger partial charge in [-0.05, 0) is 31.2 Å². The van der Waals surface area contributed by atoms with Crippen LogP contribution < -0.4 is 10.1 Å². The number of aryl methyl sites for hydroxylation is 1. The molecular weight excluding hydrogens is 276 g/mol. The molecule has 2 aromatic carbocycles. The summed E-state index contributed by atoms with van der Waals surface area (Å²) in [5, 5.41) is 3.83. The predicted molar refractivity (Wildman–Crippen MR) is 87.0 cm³/mol. The maximum atomic E-state index is 12.0. The van der Waals surface area contributed by atoms with E-state index >= 15 is 0 Å². The number of hydrogen-bond acceptors (Lipinski definition) is 3. The minimum absolute atomic E-state index is 0.0354. The smallest absolute Gasteiger partial charge is 0.262 e. The van der Waals surface area contributed by atoms with Crippen molar-refractivity contribution in [3.8, 4) is 5.75 Å². The zero-order valence-electron chi connectivity index (χ0n) is 12.2. The van der Waals surface area contributed by atoms with Crippen LogP contribution in [0.4, 0.5) is 5.69 Å². The monoisotopic (exact) mass is 292 g/mol. The van der Waals surface area contributed by atoms with Crippen molar-refractivity contribution in [2.24, 2.45) is 0 Å². The Balaban J connectivity index is 1.67. The number of carbonyl (C=O) groups excluding carboxylic acids is 1. The number of carbonyl (C=O) groups is 1. The van der Waals surface area contributed by atoms with Gasteiger partial charge in [0.2, 0.25) is 0 Å². The van der Waals surface area contributed by atoms with Gasteiger partial charge in [0.1, 0.15) is 5.75 Å². The third-order valence-corrected chi connectivity index (χ3v) is 3.30. The summed E-state index contributed by atoms with van der Waals surface area (Å²) in [6, 6.07) is 17.1. The van der Waals surface area contributed by atoms with E-state index < -0.39 is 0 Å². The number of pyridine rings is 1. The fourth-order valence-corrected chi connectivity index (χ4v) is 2.17. The lowest BCUT2D eigenvalue weighted by Gasteiger charge is -2.09. The number of rotatable bonds is 4. The van der Waals surface area contributed by atoms with E-state index in [-0.39, 0.29) is 12.5 Å². The SMILES string of the molecule is Cc1ccc(OCC(=O)Nc2cccc3cccnc23)cc1. The van der Waals surface area contributed by atoms with Gasteiger partial charge in [0.25, 0.3) is 5.91 Å². The summed E-state index contributed by atoms with van der Waals surface area (Å²) >= 11 is 0. The summed E-state index contributed by atoms with van der Waals surface area (Å²) in [7, 11) is 0. The third-order valence-electron chi connectivity index (χ3n) is 3.30. The van der Waals surface area contributed by atoms with Crippen LogP contribution >= 0.6 is 0 Å². The second-order valence-electron chi connectivity index (χ2n) is 5.03. The van der Waals surface area contributed by atoms with E-state index in [4.69, 9.17) is 4.74 Å².